The fourth-order valence-electron chi connectivity index (χ4n) is 4.08. The Morgan fingerprint density at radius 2 is 1.80 bits per heavy atom. The van der Waals surface area contributed by atoms with E-state index < -0.39 is 0 Å². The van der Waals surface area contributed by atoms with Gasteiger partial charge < -0.3 is 10.6 Å². The van der Waals surface area contributed by atoms with E-state index in [2.05, 4.69) is 11.0 Å². The van der Waals surface area contributed by atoms with Crippen molar-refractivity contribution in [3.63, 3.8) is 0 Å². The fourth-order valence-corrected chi connectivity index (χ4v) is 4.08. The van der Waals surface area contributed by atoms with Gasteiger partial charge in [0.15, 0.2) is 0 Å². The summed E-state index contributed by atoms with van der Waals surface area (Å²) in [4.78, 5) is 2.37. The highest BCUT2D eigenvalue weighted by atomic mass is 19.1. The minimum atomic E-state index is -0.103. The number of anilines is 1. The molecule has 20 heavy (non-hydrogen) atoms. The summed E-state index contributed by atoms with van der Waals surface area (Å²) < 4.78 is 14.0. The van der Waals surface area contributed by atoms with Gasteiger partial charge in [-0.1, -0.05) is 18.9 Å². The average molecular weight is 276 g/mol. The van der Waals surface area contributed by atoms with E-state index in [4.69, 9.17) is 5.73 Å². The van der Waals surface area contributed by atoms with E-state index in [1.165, 1.54) is 38.5 Å². The first kappa shape index (κ1) is 13.9. The molecular formula is C17H25FN2. The van der Waals surface area contributed by atoms with Gasteiger partial charge in [-0.05, 0) is 56.2 Å². The van der Waals surface area contributed by atoms with Gasteiger partial charge in [-0.25, -0.2) is 4.39 Å². The topological polar surface area (TPSA) is 29.3 Å². The van der Waals surface area contributed by atoms with Crippen molar-refractivity contribution in [2.24, 2.45) is 11.1 Å². The number of nitrogens with zero attached hydrogens (tertiary/aromatic N) is 1. The number of hydrogen-bond donors (Lipinski definition) is 1. The predicted octanol–water partition coefficient (Wildman–Crippen LogP) is 3.49. The molecule has 1 aromatic carbocycles. The van der Waals surface area contributed by atoms with E-state index in [0.29, 0.717) is 18.4 Å². The summed E-state index contributed by atoms with van der Waals surface area (Å²) in [5.41, 5.74) is 8.12. The highest BCUT2D eigenvalue weighted by Crippen LogP contribution is 2.46. The van der Waals surface area contributed by atoms with Crippen molar-refractivity contribution in [3.05, 3.63) is 29.6 Å². The van der Waals surface area contributed by atoms with Gasteiger partial charge in [0, 0.05) is 24.3 Å². The lowest BCUT2D eigenvalue weighted by Crippen LogP contribution is -2.39. The second-order valence-electron chi connectivity index (χ2n) is 6.47. The van der Waals surface area contributed by atoms with Gasteiger partial charge >= 0.3 is 0 Å². The first-order chi connectivity index (χ1) is 9.74. The number of rotatable bonds is 3. The molecule has 0 unspecified atom stereocenters. The number of hydrogen-bond acceptors (Lipinski definition) is 2. The molecule has 2 N–H and O–H groups in total. The van der Waals surface area contributed by atoms with E-state index >= 15 is 0 Å². The molecule has 110 valence electrons. The first-order valence-electron chi connectivity index (χ1n) is 7.97. The van der Waals surface area contributed by atoms with Gasteiger partial charge in [-0.3, -0.25) is 0 Å². The molecular weight excluding hydrogens is 251 g/mol. The number of piperidine rings is 1. The lowest BCUT2D eigenvalue weighted by molar-refractivity contribution is 0.226. The smallest absolute Gasteiger partial charge is 0.128 e. The largest absolute Gasteiger partial charge is 0.371 e. The zero-order valence-electron chi connectivity index (χ0n) is 12.2. The second kappa shape index (κ2) is 5.72. The molecule has 1 aliphatic heterocycles. The first-order valence-corrected chi connectivity index (χ1v) is 7.97. The summed E-state index contributed by atoms with van der Waals surface area (Å²) in [5.74, 6) is -0.103. The Balaban J connectivity index is 1.76. The lowest BCUT2D eigenvalue weighted by atomic mass is 9.77. The van der Waals surface area contributed by atoms with Gasteiger partial charge in [0.1, 0.15) is 5.82 Å². The van der Waals surface area contributed by atoms with Crippen LogP contribution in [-0.4, -0.2) is 19.6 Å². The molecule has 0 atom stereocenters. The molecule has 0 amide bonds. The fraction of sp³-hybridized carbons (Fsp3) is 0.647. The third kappa shape index (κ3) is 2.56. The van der Waals surface area contributed by atoms with E-state index in [-0.39, 0.29) is 5.82 Å². The molecule has 2 fully saturated rings. The highest BCUT2D eigenvalue weighted by molar-refractivity contribution is 5.54. The Bertz CT molecular complexity index is 456. The molecule has 1 spiro atoms. The van der Waals surface area contributed by atoms with Crippen molar-refractivity contribution in [1.29, 1.82) is 0 Å². The van der Waals surface area contributed by atoms with E-state index in [0.717, 1.165) is 24.3 Å². The Morgan fingerprint density at radius 1 is 1.10 bits per heavy atom. The summed E-state index contributed by atoms with van der Waals surface area (Å²) >= 11 is 0. The van der Waals surface area contributed by atoms with E-state index in [9.17, 15) is 4.39 Å². The predicted molar refractivity (Wildman–Crippen MR) is 81.5 cm³/mol. The average Bonchev–Trinajstić information content (AvgIpc) is 2.91. The third-order valence-corrected chi connectivity index (χ3v) is 5.32. The molecule has 1 aromatic rings. The summed E-state index contributed by atoms with van der Waals surface area (Å²) in [5, 5.41) is 0. The number of nitrogens with two attached hydrogens (primary N) is 1. The molecule has 2 nitrogen and oxygen atoms in total. The maximum Gasteiger partial charge on any atom is 0.128 e. The van der Waals surface area contributed by atoms with Crippen LogP contribution in [-0.2, 0) is 6.42 Å². The van der Waals surface area contributed by atoms with Gasteiger partial charge in [-0.2, -0.15) is 0 Å². The van der Waals surface area contributed by atoms with Crippen molar-refractivity contribution in [3.8, 4) is 0 Å². The highest BCUT2D eigenvalue weighted by Gasteiger charge is 2.37. The Morgan fingerprint density at radius 3 is 2.45 bits per heavy atom. The molecule has 1 saturated heterocycles. The Labute approximate surface area is 121 Å². The molecule has 0 radical (unpaired) electrons. The third-order valence-electron chi connectivity index (χ3n) is 5.32. The Hall–Kier alpha value is -1.09. The summed E-state index contributed by atoms with van der Waals surface area (Å²) in [6.07, 6.45) is 8.77. The van der Waals surface area contributed by atoms with Crippen molar-refractivity contribution >= 4 is 5.69 Å². The zero-order chi connectivity index (χ0) is 14.0. The van der Waals surface area contributed by atoms with Crippen LogP contribution in [0.2, 0.25) is 0 Å². The standard InChI is InChI=1S/C17H25FN2/c18-15-4-3-5-16(14(15)6-11-19)20-12-9-17(10-13-20)7-1-2-8-17/h3-5H,1-2,6-13,19H2. The molecule has 3 heteroatoms. The van der Waals surface area contributed by atoms with Gasteiger partial charge in [0.25, 0.3) is 0 Å². The van der Waals surface area contributed by atoms with Crippen LogP contribution in [0, 0.1) is 11.2 Å². The SMILES string of the molecule is NCCc1c(F)cccc1N1CCC2(CCCC2)CC1. The van der Waals surface area contributed by atoms with Gasteiger partial charge in [0.05, 0.1) is 0 Å². The number of benzene rings is 1. The van der Waals surface area contributed by atoms with E-state index in [1.54, 1.807) is 6.07 Å². The zero-order valence-corrected chi connectivity index (χ0v) is 12.2. The molecule has 2 aliphatic rings. The van der Waals surface area contributed by atoms with Gasteiger partial charge in [0.2, 0.25) is 0 Å². The van der Waals surface area contributed by atoms with Crippen LogP contribution in [0.5, 0.6) is 0 Å². The second-order valence-corrected chi connectivity index (χ2v) is 6.47. The molecule has 1 aliphatic carbocycles. The summed E-state index contributed by atoms with van der Waals surface area (Å²) in [6, 6.07) is 5.43. The number of halogens is 1. The molecule has 0 bridgehead atoms. The summed E-state index contributed by atoms with van der Waals surface area (Å²) in [7, 11) is 0. The van der Waals surface area contributed by atoms with Crippen LogP contribution in [0.1, 0.15) is 44.1 Å². The minimum absolute atomic E-state index is 0.103. The monoisotopic (exact) mass is 276 g/mol. The molecule has 1 heterocycles. The molecule has 1 saturated carbocycles. The van der Waals surface area contributed by atoms with Gasteiger partial charge in [-0.15, -0.1) is 0 Å². The van der Waals surface area contributed by atoms with Crippen LogP contribution in [0.15, 0.2) is 18.2 Å². The van der Waals surface area contributed by atoms with Crippen molar-refractivity contribution in [1.82, 2.24) is 0 Å². The van der Waals surface area contributed by atoms with Crippen LogP contribution in [0.25, 0.3) is 0 Å². The van der Waals surface area contributed by atoms with Crippen molar-refractivity contribution < 1.29 is 4.39 Å². The van der Waals surface area contributed by atoms with Crippen molar-refractivity contribution in [2.45, 2.75) is 44.9 Å². The normalized spacial score (nSPS) is 21.6. The van der Waals surface area contributed by atoms with E-state index in [1.807, 2.05) is 6.07 Å². The van der Waals surface area contributed by atoms with Crippen LogP contribution < -0.4 is 10.6 Å². The quantitative estimate of drug-likeness (QED) is 0.915. The van der Waals surface area contributed by atoms with Crippen LogP contribution in [0.4, 0.5) is 10.1 Å². The lowest BCUT2D eigenvalue weighted by Gasteiger charge is -2.41. The summed E-state index contributed by atoms with van der Waals surface area (Å²) in [6.45, 7) is 2.65. The molecule has 3 rings (SSSR count). The maximum atomic E-state index is 14.0. The maximum absolute atomic E-state index is 14.0. The van der Waals surface area contributed by atoms with Crippen molar-refractivity contribution in [2.75, 3.05) is 24.5 Å². The Kier molecular flexibility index (Phi) is 3.97. The van der Waals surface area contributed by atoms with Crippen LogP contribution in [0.3, 0.4) is 0 Å². The minimum Gasteiger partial charge on any atom is -0.371 e. The van der Waals surface area contributed by atoms with Crippen LogP contribution >= 0.6 is 0 Å². The molecule has 0 aromatic heterocycles.